The molecule has 3 heterocycles. The molecule has 1 aromatic rings. The molecule has 0 aliphatic carbocycles. The Hall–Kier alpha value is -1.26. The van der Waals surface area contributed by atoms with E-state index >= 15 is 0 Å². The second-order valence-corrected chi connectivity index (χ2v) is 7.97. The van der Waals surface area contributed by atoms with Crippen molar-refractivity contribution in [3.63, 3.8) is 0 Å². The van der Waals surface area contributed by atoms with Gasteiger partial charge in [-0.1, -0.05) is 40.2 Å². The zero-order valence-electron chi connectivity index (χ0n) is 16.3. The largest absolute Gasteiger partial charge is 0.380 e. The van der Waals surface area contributed by atoms with Crippen molar-refractivity contribution in [1.82, 2.24) is 9.88 Å². The Morgan fingerprint density at radius 3 is 2.48 bits per heavy atom. The fraction of sp³-hybridized carbons (Fsp3) is 0.714. The number of nitrogens with zero attached hydrogens (tertiary/aromatic N) is 2. The zero-order valence-corrected chi connectivity index (χ0v) is 16.3. The Morgan fingerprint density at radius 2 is 2.04 bits per heavy atom. The van der Waals surface area contributed by atoms with E-state index in [-0.39, 0.29) is 0 Å². The lowest BCUT2D eigenvalue weighted by Gasteiger charge is -2.41. The van der Waals surface area contributed by atoms with Gasteiger partial charge in [0.15, 0.2) is 6.29 Å². The van der Waals surface area contributed by atoms with Crippen LogP contribution in [0.5, 0.6) is 0 Å². The van der Waals surface area contributed by atoms with Gasteiger partial charge in [-0.3, -0.25) is 9.69 Å². The molecule has 2 fully saturated rings. The van der Waals surface area contributed by atoms with Crippen LogP contribution in [0.1, 0.15) is 63.1 Å². The number of pyridine rings is 1. The van der Waals surface area contributed by atoms with Crippen LogP contribution in [-0.4, -0.2) is 42.5 Å². The van der Waals surface area contributed by atoms with Crippen LogP contribution in [0.25, 0.3) is 0 Å². The van der Waals surface area contributed by atoms with E-state index in [1.165, 1.54) is 19.3 Å². The Kier molecular flexibility index (Phi) is 7.57. The zero-order chi connectivity index (χ0) is 18.3. The number of rotatable bonds is 7. The standard InChI is InChI=1S/C13H18N2O.C8H16O/c1-10(2)11-6-15(7-11)8-12-4-3-5-13(9-16)14-12;1-3-5-8(4-2)6-9-7-8/h3-5,9-11H,6-8H2,1-2H3;3-7H2,1-2H3. The first-order valence-corrected chi connectivity index (χ1v) is 9.73. The average Bonchev–Trinajstić information content (AvgIpc) is 2.54. The lowest BCUT2D eigenvalue weighted by atomic mass is 9.79. The third kappa shape index (κ3) is 5.61. The van der Waals surface area contributed by atoms with Gasteiger partial charge >= 0.3 is 0 Å². The van der Waals surface area contributed by atoms with Gasteiger partial charge in [0.25, 0.3) is 0 Å². The highest BCUT2D eigenvalue weighted by Gasteiger charge is 2.35. The maximum absolute atomic E-state index is 10.6. The SMILES string of the molecule is CC(C)C1CN(Cc2cccc(C=O)n2)C1.CCCC1(CC)COC1. The summed E-state index contributed by atoms with van der Waals surface area (Å²) in [6.07, 6.45) is 4.75. The summed E-state index contributed by atoms with van der Waals surface area (Å²) in [4.78, 5) is 17.2. The molecule has 25 heavy (non-hydrogen) atoms. The summed E-state index contributed by atoms with van der Waals surface area (Å²) in [6.45, 7) is 14.3. The molecule has 0 bridgehead atoms. The number of carbonyl (C=O) groups is 1. The molecular weight excluding hydrogens is 312 g/mol. The van der Waals surface area contributed by atoms with Gasteiger partial charge in [-0.05, 0) is 36.8 Å². The number of likely N-dealkylation sites (tertiary alicyclic amines) is 1. The highest BCUT2D eigenvalue weighted by atomic mass is 16.5. The first-order chi connectivity index (χ1) is 12.0. The highest BCUT2D eigenvalue weighted by Crippen LogP contribution is 2.35. The summed E-state index contributed by atoms with van der Waals surface area (Å²) in [5.74, 6) is 1.60. The van der Waals surface area contributed by atoms with E-state index in [2.05, 4.69) is 37.6 Å². The molecule has 0 amide bonds. The Labute approximate surface area is 153 Å². The van der Waals surface area contributed by atoms with Crippen LogP contribution in [0.4, 0.5) is 0 Å². The van der Waals surface area contributed by atoms with Crippen molar-refractivity contribution in [3.05, 3.63) is 29.6 Å². The van der Waals surface area contributed by atoms with E-state index in [1.807, 2.05) is 12.1 Å². The van der Waals surface area contributed by atoms with Crippen molar-refractivity contribution >= 4 is 6.29 Å². The van der Waals surface area contributed by atoms with Crippen molar-refractivity contribution < 1.29 is 9.53 Å². The molecule has 0 unspecified atom stereocenters. The van der Waals surface area contributed by atoms with E-state index in [0.717, 1.165) is 56.7 Å². The van der Waals surface area contributed by atoms with Crippen LogP contribution in [0, 0.1) is 17.3 Å². The quantitative estimate of drug-likeness (QED) is 0.694. The summed E-state index contributed by atoms with van der Waals surface area (Å²) < 4.78 is 5.18. The number of ether oxygens (including phenoxy) is 1. The Bertz CT molecular complexity index is 529. The second-order valence-electron chi connectivity index (χ2n) is 7.97. The van der Waals surface area contributed by atoms with E-state index in [0.29, 0.717) is 11.1 Å². The normalized spacial score (nSPS) is 19.6. The van der Waals surface area contributed by atoms with Crippen LogP contribution in [0.2, 0.25) is 0 Å². The number of hydrogen-bond donors (Lipinski definition) is 0. The minimum atomic E-state index is 0.526. The van der Waals surface area contributed by atoms with Crippen LogP contribution >= 0.6 is 0 Å². The molecule has 1 aromatic heterocycles. The van der Waals surface area contributed by atoms with Gasteiger partial charge in [0.05, 0.1) is 18.9 Å². The monoisotopic (exact) mass is 346 g/mol. The number of hydrogen-bond acceptors (Lipinski definition) is 4. The molecule has 0 atom stereocenters. The Balaban J connectivity index is 0.000000212. The summed E-state index contributed by atoms with van der Waals surface area (Å²) in [5.41, 5.74) is 2.11. The van der Waals surface area contributed by atoms with Crippen LogP contribution < -0.4 is 0 Å². The predicted molar refractivity (Wildman–Crippen MR) is 102 cm³/mol. The third-order valence-electron chi connectivity index (χ3n) is 5.61. The van der Waals surface area contributed by atoms with Gasteiger partial charge in [-0.25, -0.2) is 4.98 Å². The van der Waals surface area contributed by atoms with Gasteiger partial charge in [0, 0.05) is 25.0 Å². The smallest absolute Gasteiger partial charge is 0.168 e. The van der Waals surface area contributed by atoms with Crippen molar-refractivity contribution in [1.29, 1.82) is 0 Å². The molecule has 2 aliphatic heterocycles. The van der Waals surface area contributed by atoms with E-state index in [1.54, 1.807) is 6.07 Å². The molecule has 2 saturated heterocycles. The van der Waals surface area contributed by atoms with Crippen molar-refractivity contribution in [2.24, 2.45) is 17.3 Å². The van der Waals surface area contributed by atoms with E-state index in [9.17, 15) is 4.79 Å². The molecule has 0 radical (unpaired) electrons. The molecule has 2 aliphatic rings. The lowest BCUT2D eigenvalue weighted by Crippen LogP contribution is -2.48. The molecular formula is C21H34N2O2. The minimum absolute atomic E-state index is 0.526. The molecule has 4 nitrogen and oxygen atoms in total. The van der Waals surface area contributed by atoms with Gasteiger partial charge in [-0.15, -0.1) is 0 Å². The van der Waals surface area contributed by atoms with Crippen molar-refractivity contribution in [2.75, 3.05) is 26.3 Å². The van der Waals surface area contributed by atoms with Crippen molar-refractivity contribution in [3.8, 4) is 0 Å². The first kappa shape index (κ1) is 20.1. The van der Waals surface area contributed by atoms with Gasteiger partial charge in [0.1, 0.15) is 5.69 Å². The van der Waals surface area contributed by atoms with Crippen LogP contribution in [0.15, 0.2) is 18.2 Å². The van der Waals surface area contributed by atoms with Gasteiger partial charge in [-0.2, -0.15) is 0 Å². The first-order valence-electron chi connectivity index (χ1n) is 9.73. The van der Waals surface area contributed by atoms with Gasteiger partial charge in [0.2, 0.25) is 0 Å². The molecule has 0 spiro atoms. The van der Waals surface area contributed by atoms with E-state index < -0.39 is 0 Å². The summed E-state index contributed by atoms with van der Waals surface area (Å²) >= 11 is 0. The molecule has 140 valence electrons. The van der Waals surface area contributed by atoms with Crippen LogP contribution in [-0.2, 0) is 11.3 Å². The second kappa shape index (κ2) is 9.44. The Morgan fingerprint density at radius 1 is 1.32 bits per heavy atom. The maximum Gasteiger partial charge on any atom is 0.168 e. The molecule has 3 rings (SSSR count). The number of aromatic nitrogens is 1. The number of carbonyl (C=O) groups excluding carboxylic acids is 1. The molecule has 0 aromatic carbocycles. The maximum atomic E-state index is 10.6. The van der Waals surface area contributed by atoms with Gasteiger partial charge < -0.3 is 4.74 Å². The predicted octanol–water partition coefficient (Wildman–Crippen LogP) is 4.20. The van der Waals surface area contributed by atoms with Crippen LogP contribution in [0.3, 0.4) is 0 Å². The molecule has 0 saturated carbocycles. The fourth-order valence-corrected chi connectivity index (χ4v) is 3.49. The number of aldehydes is 1. The minimum Gasteiger partial charge on any atom is -0.380 e. The summed E-state index contributed by atoms with van der Waals surface area (Å²) in [6, 6.07) is 5.62. The molecule has 4 heteroatoms. The molecule has 0 N–H and O–H groups in total. The summed E-state index contributed by atoms with van der Waals surface area (Å²) in [7, 11) is 0. The third-order valence-corrected chi connectivity index (χ3v) is 5.61. The fourth-order valence-electron chi connectivity index (χ4n) is 3.49. The summed E-state index contributed by atoms with van der Waals surface area (Å²) in [5, 5.41) is 0. The topological polar surface area (TPSA) is 42.4 Å². The average molecular weight is 347 g/mol. The lowest BCUT2D eigenvalue weighted by molar-refractivity contribution is -0.119. The van der Waals surface area contributed by atoms with Crippen molar-refractivity contribution in [2.45, 2.75) is 53.5 Å². The van der Waals surface area contributed by atoms with E-state index in [4.69, 9.17) is 4.74 Å². The highest BCUT2D eigenvalue weighted by molar-refractivity contribution is 5.71.